The van der Waals surface area contributed by atoms with Crippen molar-refractivity contribution in [2.45, 2.75) is 32.4 Å². The van der Waals surface area contributed by atoms with Crippen LogP contribution < -0.4 is 4.74 Å². The molecule has 1 aliphatic heterocycles. The maximum atomic E-state index is 6.13. The second-order valence-electron chi connectivity index (χ2n) is 5.25. The van der Waals surface area contributed by atoms with E-state index in [1.54, 1.807) is 11.8 Å². The fraction of sp³-hybridized carbons (Fsp3) is 0.615. The summed E-state index contributed by atoms with van der Waals surface area (Å²) in [6.07, 6.45) is 2.25. The van der Waals surface area contributed by atoms with Crippen LogP contribution in [0.2, 0.25) is 4.34 Å². The molecule has 1 fully saturated rings. The number of methoxy groups -OCH3 is 1. The molecule has 3 rings (SSSR count). The molecule has 2 aromatic rings. The van der Waals surface area contributed by atoms with E-state index >= 15 is 0 Å². The van der Waals surface area contributed by atoms with Gasteiger partial charge in [0.2, 0.25) is 5.88 Å². The molecule has 21 heavy (non-hydrogen) atoms. The van der Waals surface area contributed by atoms with Crippen molar-refractivity contribution >= 4 is 23.1 Å². The lowest BCUT2D eigenvalue weighted by Gasteiger charge is -2.24. The largest absolute Gasteiger partial charge is 0.481 e. The quantitative estimate of drug-likeness (QED) is 0.864. The number of nitrogens with zero attached hydrogens (tertiary/aromatic N) is 5. The van der Waals surface area contributed by atoms with Crippen molar-refractivity contribution in [1.29, 1.82) is 0 Å². The van der Waals surface area contributed by atoms with Crippen LogP contribution in [0, 0.1) is 6.92 Å². The third-order valence-corrected chi connectivity index (χ3v) is 4.95. The third-order valence-electron chi connectivity index (χ3n) is 3.97. The van der Waals surface area contributed by atoms with Crippen LogP contribution in [0.15, 0.2) is 0 Å². The van der Waals surface area contributed by atoms with Gasteiger partial charge in [-0.15, -0.1) is 5.10 Å². The Balaban J connectivity index is 1.89. The highest BCUT2D eigenvalue weighted by atomic mass is 35.5. The average Bonchev–Trinajstić information content (AvgIpc) is 3.11. The van der Waals surface area contributed by atoms with Crippen LogP contribution in [0.5, 0.6) is 5.88 Å². The molecule has 6 nitrogen and oxygen atoms in total. The summed E-state index contributed by atoms with van der Waals surface area (Å²) in [6, 6.07) is 0.298. The van der Waals surface area contributed by atoms with E-state index < -0.39 is 0 Å². The Morgan fingerprint density at radius 3 is 2.95 bits per heavy atom. The van der Waals surface area contributed by atoms with E-state index in [0.717, 1.165) is 43.2 Å². The normalized spacial score (nSPS) is 19.3. The molecule has 2 aromatic heterocycles. The number of halogens is 1. The Morgan fingerprint density at radius 2 is 2.29 bits per heavy atom. The summed E-state index contributed by atoms with van der Waals surface area (Å²) < 4.78 is 11.9. The van der Waals surface area contributed by atoms with Crippen LogP contribution in [-0.2, 0) is 13.6 Å². The van der Waals surface area contributed by atoms with Crippen LogP contribution in [0.25, 0.3) is 0 Å². The monoisotopic (exact) mass is 327 g/mol. The maximum Gasteiger partial charge on any atom is 0.216 e. The van der Waals surface area contributed by atoms with Gasteiger partial charge >= 0.3 is 0 Å². The molecular weight excluding hydrogens is 310 g/mol. The first kappa shape index (κ1) is 14.7. The fourth-order valence-electron chi connectivity index (χ4n) is 3.11. The first-order valence-corrected chi connectivity index (χ1v) is 8.05. The molecule has 0 spiro atoms. The maximum absolute atomic E-state index is 6.13. The molecule has 0 radical (unpaired) electrons. The summed E-state index contributed by atoms with van der Waals surface area (Å²) >= 11 is 7.37. The first-order valence-electron chi connectivity index (χ1n) is 6.90. The number of rotatable bonds is 4. The predicted molar refractivity (Wildman–Crippen MR) is 81.8 cm³/mol. The van der Waals surface area contributed by atoms with Crippen molar-refractivity contribution in [3.63, 3.8) is 0 Å². The van der Waals surface area contributed by atoms with E-state index in [1.165, 1.54) is 17.1 Å². The molecule has 0 aliphatic carbocycles. The number of aromatic nitrogens is 4. The second-order valence-corrected chi connectivity index (χ2v) is 6.61. The van der Waals surface area contributed by atoms with E-state index in [0.29, 0.717) is 10.4 Å². The summed E-state index contributed by atoms with van der Waals surface area (Å²) in [5.74, 6) is 0.840. The summed E-state index contributed by atoms with van der Waals surface area (Å²) in [7, 11) is 3.61. The number of hydrogen-bond acceptors (Lipinski definition) is 6. The highest BCUT2D eigenvalue weighted by Gasteiger charge is 2.32. The highest BCUT2D eigenvalue weighted by molar-refractivity contribution is 7.10. The molecule has 1 unspecified atom stereocenters. The van der Waals surface area contributed by atoms with Crippen LogP contribution in [0.1, 0.15) is 35.8 Å². The fourth-order valence-corrected chi connectivity index (χ4v) is 3.72. The van der Waals surface area contributed by atoms with Crippen LogP contribution in [0.3, 0.4) is 0 Å². The van der Waals surface area contributed by atoms with Gasteiger partial charge < -0.3 is 4.74 Å². The summed E-state index contributed by atoms with van der Waals surface area (Å²) in [4.78, 5) is 2.38. The van der Waals surface area contributed by atoms with Crippen LogP contribution in [-0.4, -0.2) is 37.9 Å². The van der Waals surface area contributed by atoms with E-state index in [2.05, 4.69) is 19.6 Å². The minimum Gasteiger partial charge on any atom is -0.481 e. The minimum atomic E-state index is 0.298. The van der Waals surface area contributed by atoms with Gasteiger partial charge in [0.1, 0.15) is 10.0 Å². The molecule has 1 aliphatic rings. The summed E-state index contributed by atoms with van der Waals surface area (Å²) in [5.41, 5.74) is 3.06. The van der Waals surface area contributed by atoms with Gasteiger partial charge in [0.25, 0.3) is 0 Å². The Hall–Kier alpha value is -1.18. The third kappa shape index (κ3) is 2.65. The Morgan fingerprint density at radius 1 is 1.48 bits per heavy atom. The molecule has 0 aromatic carbocycles. The van der Waals surface area contributed by atoms with Gasteiger partial charge in [-0.1, -0.05) is 16.1 Å². The lowest BCUT2D eigenvalue weighted by atomic mass is 10.0. The highest BCUT2D eigenvalue weighted by Crippen LogP contribution is 2.39. The van der Waals surface area contributed by atoms with Crippen LogP contribution in [0.4, 0.5) is 0 Å². The van der Waals surface area contributed by atoms with E-state index in [9.17, 15) is 0 Å². The molecule has 114 valence electrons. The lowest BCUT2D eigenvalue weighted by Crippen LogP contribution is -2.23. The first-order chi connectivity index (χ1) is 10.1. The zero-order chi connectivity index (χ0) is 15.0. The van der Waals surface area contributed by atoms with E-state index in [4.69, 9.17) is 16.3 Å². The van der Waals surface area contributed by atoms with Gasteiger partial charge in [0, 0.05) is 31.2 Å². The number of aryl methyl sites for hydroxylation is 2. The van der Waals surface area contributed by atoms with Crippen molar-refractivity contribution in [2.75, 3.05) is 13.7 Å². The molecule has 1 atom stereocenters. The summed E-state index contributed by atoms with van der Waals surface area (Å²) in [6.45, 7) is 3.78. The summed E-state index contributed by atoms with van der Waals surface area (Å²) in [5, 5.41) is 8.61. The van der Waals surface area contributed by atoms with Gasteiger partial charge in [-0.25, -0.2) is 4.68 Å². The minimum absolute atomic E-state index is 0.298. The molecule has 0 amide bonds. The number of hydrogen-bond donors (Lipinski definition) is 0. The average molecular weight is 328 g/mol. The number of likely N-dealkylation sites (tertiary alicyclic amines) is 1. The van der Waals surface area contributed by atoms with Gasteiger partial charge in [-0.3, -0.25) is 4.90 Å². The Labute approximate surface area is 132 Å². The second kappa shape index (κ2) is 5.90. The van der Waals surface area contributed by atoms with Gasteiger partial charge in [0.05, 0.1) is 18.4 Å². The van der Waals surface area contributed by atoms with Gasteiger partial charge in [-0.05, 0) is 26.3 Å². The zero-order valence-electron chi connectivity index (χ0n) is 12.3. The van der Waals surface area contributed by atoms with Crippen molar-refractivity contribution in [3.8, 4) is 5.88 Å². The molecule has 0 saturated carbocycles. The number of ether oxygens (including phenoxy) is 1. The van der Waals surface area contributed by atoms with E-state index in [1.807, 2.05) is 14.0 Å². The zero-order valence-corrected chi connectivity index (χ0v) is 13.9. The molecule has 8 heteroatoms. The standard InChI is InChI=1S/C13H18ClN5OS/c1-8-11(13(20-3)18(2)16-8)10-5-4-6-19(10)7-9-12(14)21-17-15-9/h10H,4-7H2,1-3H3. The molecule has 0 N–H and O–H groups in total. The topological polar surface area (TPSA) is 56.1 Å². The van der Waals surface area contributed by atoms with Crippen molar-refractivity contribution in [1.82, 2.24) is 24.3 Å². The smallest absolute Gasteiger partial charge is 0.216 e. The Bertz CT molecular complexity index is 641. The van der Waals surface area contributed by atoms with Crippen molar-refractivity contribution in [2.24, 2.45) is 7.05 Å². The predicted octanol–water partition coefficient (Wildman–Crippen LogP) is 2.58. The van der Waals surface area contributed by atoms with Gasteiger partial charge in [-0.2, -0.15) is 5.10 Å². The SMILES string of the molecule is COc1c(C2CCCN2Cc2nnsc2Cl)c(C)nn1C. The van der Waals surface area contributed by atoms with E-state index in [-0.39, 0.29) is 0 Å². The van der Waals surface area contributed by atoms with Crippen molar-refractivity contribution < 1.29 is 4.74 Å². The molecule has 3 heterocycles. The van der Waals surface area contributed by atoms with Crippen LogP contribution >= 0.6 is 23.1 Å². The van der Waals surface area contributed by atoms with Gasteiger partial charge in [0.15, 0.2) is 0 Å². The molecule has 0 bridgehead atoms. The van der Waals surface area contributed by atoms with Crippen molar-refractivity contribution in [3.05, 3.63) is 21.3 Å². The molecule has 1 saturated heterocycles. The lowest BCUT2D eigenvalue weighted by molar-refractivity contribution is 0.238. The Kier molecular flexibility index (Phi) is 4.14. The molecular formula is C13H18ClN5OS.